The molecule has 2 aliphatic heterocycles. The Morgan fingerprint density at radius 1 is 0.622 bits per heavy atom. The van der Waals surface area contributed by atoms with Crippen LogP contribution in [0.4, 0.5) is 0 Å². The minimum absolute atomic E-state index is 0.227. The van der Waals surface area contributed by atoms with Crippen molar-refractivity contribution in [3.63, 3.8) is 0 Å². The van der Waals surface area contributed by atoms with Crippen molar-refractivity contribution < 1.29 is 28.0 Å². The lowest BCUT2D eigenvalue weighted by atomic mass is 10.4. The number of hydrogen-bond acceptors (Lipinski definition) is 6. The van der Waals surface area contributed by atoms with E-state index in [1.165, 1.54) is 34.1 Å². The van der Waals surface area contributed by atoms with E-state index in [2.05, 4.69) is 67.0 Å². The van der Waals surface area contributed by atoms with E-state index >= 15 is 0 Å². The zero-order valence-electron chi connectivity index (χ0n) is 24.4. The average Bonchev–Trinajstić information content (AvgIpc) is 3.21. The van der Waals surface area contributed by atoms with Gasteiger partial charge in [-0.3, -0.25) is 29.0 Å². The van der Waals surface area contributed by atoms with Crippen molar-refractivity contribution in [3.8, 4) is 0 Å². The molecule has 8 nitrogen and oxygen atoms in total. The summed E-state index contributed by atoms with van der Waals surface area (Å²) in [7, 11) is -6.40. The Bertz CT molecular complexity index is 949. The molecule has 0 radical (unpaired) electrons. The first-order valence-electron chi connectivity index (χ1n) is 13.2. The quantitative estimate of drug-likeness (QED) is 0.229. The maximum Gasteiger partial charge on any atom is 0.253 e. The summed E-state index contributed by atoms with van der Waals surface area (Å²) in [5.74, 6) is -0.932. The summed E-state index contributed by atoms with van der Waals surface area (Å²) in [5, 5.41) is -0.763. The summed E-state index contributed by atoms with van der Waals surface area (Å²) in [6.07, 6.45) is 6.81. The standard InChI is InChI=1S/C26H46N2O6Si3/c1-25(2,35(5,6)19-11-17-27-21(29)13-14-22(27)30)34-37(9,10)26(3,4)33-36(7,8)20-12-18-28-23(31)15-16-24(28)32/h13-16H,11-12,17-20H2,1-10H3. The lowest BCUT2D eigenvalue weighted by Gasteiger charge is -2.51. The molecular formula is C26H46N2O6Si3. The molecule has 0 saturated carbocycles. The van der Waals surface area contributed by atoms with Gasteiger partial charge in [-0.25, -0.2) is 0 Å². The molecule has 0 aromatic rings. The van der Waals surface area contributed by atoms with Crippen molar-refractivity contribution in [1.82, 2.24) is 9.80 Å². The van der Waals surface area contributed by atoms with E-state index in [9.17, 15) is 19.2 Å². The van der Waals surface area contributed by atoms with E-state index in [4.69, 9.17) is 8.85 Å². The Kier molecular flexibility index (Phi) is 9.56. The normalized spacial score (nSPS) is 17.7. The van der Waals surface area contributed by atoms with Gasteiger partial charge in [0, 0.05) is 42.6 Å². The molecule has 2 rings (SSSR count). The smallest absolute Gasteiger partial charge is 0.253 e. The van der Waals surface area contributed by atoms with Gasteiger partial charge in [-0.2, -0.15) is 0 Å². The van der Waals surface area contributed by atoms with Gasteiger partial charge in [0.1, 0.15) is 0 Å². The second-order valence-electron chi connectivity index (χ2n) is 12.9. The van der Waals surface area contributed by atoms with Crippen LogP contribution in [-0.2, 0) is 28.0 Å². The summed E-state index contributed by atoms with van der Waals surface area (Å²) in [5.41, 5.74) is 0. The fraction of sp³-hybridized carbons (Fsp3) is 0.692. The van der Waals surface area contributed by atoms with Gasteiger partial charge in [0.05, 0.1) is 13.3 Å². The molecule has 0 unspecified atom stereocenters. The Morgan fingerprint density at radius 2 is 1.00 bits per heavy atom. The van der Waals surface area contributed by atoms with E-state index in [-0.39, 0.29) is 28.9 Å². The van der Waals surface area contributed by atoms with Crippen LogP contribution in [0, 0.1) is 0 Å². The molecule has 0 atom stereocenters. The van der Waals surface area contributed by atoms with Crippen LogP contribution in [0.5, 0.6) is 0 Å². The zero-order chi connectivity index (χ0) is 28.4. The fourth-order valence-electron chi connectivity index (χ4n) is 4.71. The third-order valence-electron chi connectivity index (χ3n) is 8.27. The molecule has 0 N–H and O–H groups in total. The van der Waals surface area contributed by atoms with Crippen LogP contribution in [0.25, 0.3) is 0 Å². The number of rotatable bonds is 14. The Balaban J connectivity index is 1.96. The van der Waals surface area contributed by atoms with Gasteiger partial charge >= 0.3 is 0 Å². The molecular weight excluding hydrogens is 521 g/mol. The number of amides is 4. The third-order valence-corrected chi connectivity index (χ3v) is 20.3. The molecule has 0 saturated heterocycles. The summed E-state index contributed by atoms with van der Waals surface area (Å²) in [4.78, 5) is 50.0. The second-order valence-corrected chi connectivity index (χ2v) is 27.0. The van der Waals surface area contributed by atoms with Crippen molar-refractivity contribution in [3.05, 3.63) is 24.3 Å². The highest BCUT2D eigenvalue weighted by Crippen LogP contribution is 2.38. The minimum atomic E-state index is -2.37. The number of carbonyl (C=O) groups excluding carboxylic acids is 4. The van der Waals surface area contributed by atoms with Crippen LogP contribution in [0.15, 0.2) is 24.3 Å². The highest BCUT2D eigenvalue weighted by atomic mass is 28.4. The predicted octanol–water partition coefficient (Wildman–Crippen LogP) is 4.40. The summed E-state index contributed by atoms with van der Waals surface area (Å²) < 4.78 is 13.8. The van der Waals surface area contributed by atoms with Crippen molar-refractivity contribution in [2.75, 3.05) is 13.1 Å². The molecule has 2 heterocycles. The Hall–Kier alpha value is -1.67. The van der Waals surface area contributed by atoms with Crippen LogP contribution in [0.1, 0.15) is 40.5 Å². The highest BCUT2D eigenvalue weighted by Gasteiger charge is 2.51. The summed E-state index contributed by atoms with van der Waals surface area (Å²) in [6.45, 7) is 22.9. The number of nitrogens with zero attached hydrogens (tertiary/aromatic N) is 2. The van der Waals surface area contributed by atoms with E-state index < -0.39 is 29.9 Å². The van der Waals surface area contributed by atoms with Crippen LogP contribution < -0.4 is 0 Å². The highest BCUT2D eigenvalue weighted by molar-refractivity contribution is 6.82. The topological polar surface area (TPSA) is 93.2 Å². The molecule has 0 bridgehead atoms. The van der Waals surface area contributed by atoms with Gasteiger partial charge in [-0.15, -0.1) is 0 Å². The minimum Gasteiger partial charge on any atom is -0.412 e. The molecule has 0 spiro atoms. The lowest BCUT2D eigenvalue weighted by molar-refractivity contribution is -0.138. The maximum absolute atomic E-state index is 11.9. The van der Waals surface area contributed by atoms with E-state index in [0.29, 0.717) is 13.1 Å². The van der Waals surface area contributed by atoms with E-state index in [1.54, 1.807) is 0 Å². The average molecular weight is 567 g/mol. The lowest BCUT2D eigenvalue weighted by Crippen LogP contribution is -2.65. The van der Waals surface area contributed by atoms with Gasteiger partial charge in [-0.1, -0.05) is 19.1 Å². The molecule has 0 fully saturated rings. The van der Waals surface area contributed by atoms with E-state index in [1.807, 2.05) is 0 Å². The monoisotopic (exact) mass is 566 g/mol. The zero-order valence-corrected chi connectivity index (χ0v) is 27.4. The van der Waals surface area contributed by atoms with Crippen LogP contribution >= 0.6 is 0 Å². The number of carbonyl (C=O) groups is 4. The van der Waals surface area contributed by atoms with Crippen LogP contribution in [0.2, 0.25) is 51.4 Å². The molecule has 0 aliphatic carbocycles. The van der Waals surface area contributed by atoms with Crippen LogP contribution in [0.3, 0.4) is 0 Å². The van der Waals surface area contributed by atoms with Gasteiger partial charge in [-0.05, 0) is 72.8 Å². The molecule has 208 valence electrons. The number of hydrogen-bond donors (Lipinski definition) is 0. The summed E-state index contributed by atoms with van der Waals surface area (Å²) >= 11 is 0. The molecule has 11 heteroatoms. The van der Waals surface area contributed by atoms with E-state index in [0.717, 1.165) is 24.9 Å². The van der Waals surface area contributed by atoms with Crippen molar-refractivity contribution >= 4 is 48.3 Å². The molecule has 37 heavy (non-hydrogen) atoms. The first-order chi connectivity index (χ1) is 16.7. The Labute approximate surface area is 225 Å². The SMILES string of the molecule is CC(C)(O[Si](C)(C)C(C)(C)O[Si](C)(C)CCCN1C(=O)C=CC1=O)[Si](C)(C)CCCN1C(=O)C=CC1=O. The third kappa shape index (κ3) is 7.69. The molecule has 4 amide bonds. The van der Waals surface area contributed by atoms with Gasteiger partial charge < -0.3 is 8.85 Å². The largest absolute Gasteiger partial charge is 0.412 e. The van der Waals surface area contributed by atoms with Crippen molar-refractivity contribution in [1.29, 1.82) is 0 Å². The molecule has 0 aromatic heterocycles. The fourth-order valence-corrected chi connectivity index (χ4v) is 14.1. The second kappa shape index (κ2) is 11.2. The van der Waals surface area contributed by atoms with Gasteiger partial charge in [0.25, 0.3) is 23.6 Å². The number of imide groups is 2. The molecule has 0 aromatic carbocycles. The van der Waals surface area contributed by atoms with Gasteiger partial charge in [0.15, 0.2) is 8.32 Å². The van der Waals surface area contributed by atoms with Crippen LogP contribution in [-0.4, -0.2) is 81.7 Å². The maximum atomic E-state index is 11.9. The van der Waals surface area contributed by atoms with Crippen molar-refractivity contribution in [2.24, 2.45) is 0 Å². The predicted molar refractivity (Wildman–Crippen MR) is 153 cm³/mol. The van der Waals surface area contributed by atoms with Gasteiger partial charge in [0.2, 0.25) is 8.32 Å². The first-order valence-corrected chi connectivity index (χ1v) is 22.4. The Morgan fingerprint density at radius 3 is 1.41 bits per heavy atom. The first kappa shape index (κ1) is 31.5. The molecule has 2 aliphatic rings. The summed E-state index contributed by atoms with van der Waals surface area (Å²) in [6, 6.07) is 1.77. The van der Waals surface area contributed by atoms with Crippen molar-refractivity contribution in [2.45, 2.75) is 102 Å².